The molecule has 0 aromatic rings. The number of rotatable bonds is 10. The SMILES string of the molecule is CCCCCCN1CCN(CC(Cl)COCC)CC1. The number of alkyl halides is 1. The third-order valence-corrected chi connectivity index (χ3v) is 4.02. The Morgan fingerprint density at radius 2 is 1.68 bits per heavy atom. The highest BCUT2D eigenvalue weighted by Gasteiger charge is 2.18. The highest BCUT2D eigenvalue weighted by atomic mass is 35.5. The van der Waals surface area contributed by atoms with Crippen LogP contribution in [0.1, 0.15) is 39.5 Å². The maximum absolute atomic E-state index is 6.27. The molecule has 114 valence electrons. The summed E-state index contributed by atoms with van der Waals surface area (Å²) in [7, 11) is 0. The van der Waals surface area contributed by atoms with Gasteiger partial charge in [0.05, 0.1) is 12.0 Å². The molecule has 0 saturated carbocycles. The van der Waals surface area contributed by atoms with Gasteiger partial charge in [-0.25, -0.2) is 0 Å². The van der Waals surface area contributed by atoms with Crippen LogP contribution in [0.25, 0.3) is 0 Å². The lowest BCUT2D eigenvalue weighted by Gasteiger charge is -2.35. The minimum absolute atomic E-state index is 0.135. The second-order valence-electron chi connectivity index (χ2n) is 5.46. The van der Waals surface area contributed by atoms with Crippen molar-refractivity contribution in [1.29, 1.82) is 0 Å². The van der Waals surface area contributed by atoms with Gasteiger partial charge in [-0.15, -0.1) is 11.6 Å². The first-order chi connectivity index (χ1) is 9.26. The van der Waals surface area contributed by atoms with Crippen molar-refractivity contribution in [2.24, 2.45) is 0 Å². The Hall–Kier alpha value is 0.170. The van der Waals surface area contributed by atoms with Crippen LogP contribution in [0.5, 0.6) is 0 Å². The van der Waals surface area contributed by atoms with Gasteiger partial charge in [0.2, 0.25) is 0 Å². The molecule has 1 heterocycles. The molecular weight excluding hydrogens is 260 g/mol. The average molecular weight is 291 g/mol. The van der Waals surface area contributed by atoms with Gasteiger partial charge in [0, 0.05) is 39.3 Å². The van der Waals surface area contributed by atoms with E-state index in [4.69, 9.17) is 16.3 Å². The number of piperazine rings is 1. The Kier molecular flexibility index (Phi) is 9.88. The number of unbranched alkanes of at least 4 members (excludes halogenated alkanes) is 3. The van der Waals surface area contributed by atoms with Crippen molar-refractivity contribution < 1.29 is 4.74 Å². The van der Waals surface area contributed by atoms with E-state index in [1.807, 2.05) is 6.92 Å². The first-order valence-electron chi connectivity index (χ1n) is 7.92. The lowest BCUT2D eigenvalue weighted by molar-refractivity contribution is 0.106. The lowest BCUT2D eigenvalue weighted by Crippen LogP contribution is -2.48. The van der Waals surface area contributed by atoms with E-state index in [-0.39, 0.29) is 5.38 Å². The smallest absolute Gasteiger partial charge is 0.0696 e. The maximum Gasteiger partial charge on any atom is 0.0696 e. The van der Waals surface area contributed by atoms with E-state index in [1.54, 1.807) is 0 Å². The lowest BCUT2D eigenvalue weighted by atomic mass is 10.2. The van der Waals surface area contributed by atoms with Gasteiger partial charge in [-0.1, -0.05) is 26.2 Å². The van der Waals surface area contributed by atoms with Crippen molar-refractivity contribution >= 4 is 11.6 Å². The number of ether oxygens (including phenoxy) is 1. The predicted molar refractivity (Wildman–Crippen MR) is 83.2 cm³/mol. The number of halogens is 1. The van der Waals surface area contributed by atoms with E-state index in [1.165, 1.54) is 45.3 Å². The molecule has 1 aliphatic heterocycles. The second-order valence-corrected chi connectivity index (χ2v) is 6.08. The van der Waals surface area contributed by atoms with Crippen LogP contribution < -0.4 is 0 Å². The fourth-order valence-corrected chi connectivity index (χ4v) is 2.82. The van der Waals surface area contributed by atoms with Gasteiger partial charge in [0.25, 0.3) is 0 Å². The minimum atomic E-state index is 0.135. The van der Waals surface area contributed by atoms with Crippen LogP contribution in [0.2, 0.25) is 0 Å². The Morgan fingerprint density at radius 1 is 1.00 bits per heavy atom. The molecule has 0 N–H and O–H groups in total. The van der Waals surface area contributed by atoms with Crippen molar-refractivity contribution in [3.05, 3.63) is 0 Å². The summed E-state index contributed by atoms with van der Waals surface area (Å²) in [4.78, 5) is 5.07. The summed E-state index contributed by atoms with van der Waals surface area (Å²) in [5.41, 5.74) is 0. The van der Waals surface area contributed by atoms with Crippen LogP contribution in [0.4, 0.5) is 0 Å². The van der Waals surface area contributed by atoms with E-state index < -0.39 is 0 Å². The first kappa shape index (κ1) is 17.2. The highest BCUT2D eigenvalue weighted by molar-refractivity contribution is 6.20. The molecule has 0 bridgehead atoms. The molecule has 3 nitrogen and oxygen atoms in total. The average Bonchev–Trinajstić information content (AvgIpc) is 2.43. The molecule has 0 aliphatic carbocycles. The summed E-state index contributed by atoms with van der Waals surface area (Å²) in [6.07, 6.45) is 5.45. The van der Waals surface area contributed by atoms with E-state index in [2.05, 4.69) is 16.7 Å². The molecule has 1 rings (SSSR count). The van der Waals surface area contributed by atoms with Crippen LogP contribution in [0.3, 0.4) is 0 Å². The van der Waals surface area contributed by atoms with E-state index in [9.17, 15) is 0 Å². The van der Waals surface area contributed by atoms with E-state index >= 15 is 0 Å². The molecule has 1 aliphatic rings. The Balaban J connectivity index is 2.04. The van der Waals surface area contributed by atoms with E-state index in [0.717, 1.165) is 26.2 Å². The summed E-state index contributed by atoms with van der Waals surface area (Å²) >= 11 is 6.27. The third kappa shape index (κ3) is 8.13. The monoisotopic (exact) mass is 290 g/mol. The summed E-state index contributed by atoms with van der Waals surface area (Å²) in [5, 5.41) is 0.135. The zero-order valence-corrected chi connectivity index (χ0v) is 13.5. The molecule has 1 unspecified atom stereocenters. The Morgan fingerprint density at radius 3 is 2.32 bits per heavy atom. The van der Waals surface area contributed by atoms with Crippen molar-refractivity contribution in [1.82, 2.24) is 9.80 Å². The molecule has 0 radical (unpaired) electrons. The number of hydrogen-bond donors (Lipinski definition) is 0. The maximum atomic E-state index is 6.27. The number of hydrogen-bond acceptors (Lipinski definition) is 3. The fourth-order valence-electron chi connectivity index (χ4n) is 2.54. The zero-order chi connectivity index (χ0) is 13.9. The summed E-state index contributed by atoms with van der Waals surface area (Å²) < 4.78 is 5.36. The van der Waals surface area contributed by atoms with E-state index in [0.29, 0.717) is 6.61 Å². The molecule has 0 amide bonds. The molecule has 1 atom stereocenters. The topological polar surface area (TPSA) is 15.7 Å². The summed E-state index contributed by atoms with van der Waals surface area (Å²) in [6.45, 7) is 12.7. The quantitative estimate of drug-likeness (QED) is 0.454. The van der Waals surface area contributed by atoms with Crippen LogP contribution in [0, 0.1) is 0 Å². The zero-order valence-electron chi connectivity index (χ0n) is 12.7. The Bertz CT molecular complexity index is 208. The molecule has 19 heavy (non-hydrogen) atoms. The van der Waals surface area contributed by atoms with Gasteiger partial charge < -0.3 is 9.64 Å². The molecule has 0 spiro atoms. The van der Waals surface area contributed by atoms with Gasteiger partial charge in [-0.2, -0.15) is 0 Å². The molecule has 1 saturated heterocycles. The molecule has 0 aromatic carbocycles. The van der Waals surface area contributed by atoms with Crippen molar-refractivity contribution in [2.45, 2.75) is 44.9 Å². The van der Waals surface area contributed by atoms with Gasteiger partial charge in [0.15, 0.2) is 0 Å². The molecular formula is C15H31ClN2O. The molecule has 4 heteroatoms. The predicted octanol–water partition coefficient (Wildman–Crippen LogP) is 2.83. The van der Waals surface area contributed by atoms with Crippen LogP contribution in [-0.2, 0) is 4.74 Å². The number of nitrogens with zero attached hydrogens (tertiary/aromatic N) is 2. The van der Waals surface area contributed by atoms with Crippen molar-refractivity contribution in [2.75, 3.05) is 52.5 Å². The standard InChI is InChI=1S/C15H31ClN2O/c1-3-5-6-7-8-17-9-11-18(12-10-17)13-15(16)14-19-4-2/h15H,3-14H2,1-2H3. The summed E-state index contributed by atoms with van der Waals surface area (Å²) in [6, 6.07) is 0. The fraction of sp³-hybridized carbons (Fsp3) is 1.00. The van der Waals surface area contributed by atoms with Gasteiger partial charge >= 0.3 is 0 Å². The summed E-state index contributed by atoms with van der Waals surface area (Å²) in [5.74, 6) is 0. The third-order valence-electron chi connectivity index (χ3n) is 3.75. The van der Waals surface area contributed by atoms with Crippen LogP contribution in [0.15, 0.2) is 0 Å². The second kappa shape index (κ2) is 10.9. The largest absolute Gasteiger partial charge is 0.380 e. The van der Waals surface area contributed by atoms with Gasteiger partial charge in [0.1, 0.15) is 0 Å². The van der Waals surface area contributed by atoms with Crippen LogP contribution in [-0.4, -0.2) is 67.7 Å². The van der Waals surface area contributed by atoms with Crippen molar-refractivity contribution in [3.63, 3.8) is 0 Å². The van der Waals surface area contributed by atoms with Gasteiger partial charge in [-0.05, 0) is 19.9 Å². The van der Waals surface area contributed by atoms with Crippen LogP contribution >= 0.6 is 11.6 Å². The normalized spacial score (nSPS) is 19.7. The molecule has 0 aromatic heterocycles. The molecule has 1 fully saturated rings. The minimum Gasteiger partial charge on any atom is -0.380 e. The highest BCUT2D eigenvalue weighted by Crippen LogP contribution is 2.08. The van der Waals surface area contributed by atoms with Gasteiger partial charge in [-0.3, -0.25) is 4.90 Å². The Labute approximate surface area is 124 Å². The van der Waals surface area contributed by atoms with Crippen molar-refractivity contribution in [3.8, 4) is 0 Å². The first-order valence-corrected chi connectivity index (χ1v) is 8.36.